The van der Waals surface area contributed by atoms with Crippen molar-refractivity contribution in [3.63, 3.8) is 0 Å². The fourth-order valence-electron chi connectivity index (χ4n) is 5.68. The Morgan fingerprint density at radius 3 is 1.09 bits per heavy atom. The zero-order chi connectivity index (χ0) is 42.5. The van der Waals surface area contributed by atoms with Crippen molar-refractivity contribution in [2.24, 2.45) is 0 Å². The molecule has 3 aromatic rings. The first kappa shape index (κ1) is 47.2. The van der Waals surface area contributed by atoms with E-state index in [1.807, 2.05) is 73.6 Å². The van der Waals surface area contributed by atoms with Crippen LogP contribution in [0.4, 0.5) is 0 Å². The predicted molar refractivity (Wildman–Crippen MR) is 220 cm³/mol. The van der Waals surface area contributed by atoms with Gasteiger partial charge in [0.1, 0.15) is 0 Å². The van der Waals surface area contributed by atoms with Crippen LogP contribution in [0, 0.1) is 0 Å². The number of hydrogen-bond acceptors (Lipinski definition) is 12. The van der Waals surface area contributed by atoms with Crippen LogP contribution in [0.3, 0.4) is 0 Å². The predicted octanol–water partition coefficient (Wildman–Crippen LogP) is 9.32. The van der Waals surface area contributed by atoms with E-state index >= 15 is 0 Å². The lowest BCUT2D eigenvalue weighted by atomic mass is 9.76. The summed E-state index contributed by atoms with van der Waals surface area (Å²) < 4.78 is 51.3. The zero-order valence-corrected chi connectivity index (χ0v) is 34.9. The van der Waals surface area contributed by atoms with Gasteiger partial charge in [0.15, 0.2) is 34.5 Å². The quantitative estimate of drug-likeness (QED) is 0.0545. The molecule has 12 nitrogen and oxygen atoms in total. The molecule has 0 aliphatic heterocycles. The molecule has 57 heavy (non-hydrogen) atoms. The van der Waals surface area contributed by atoms with E-state index in [1.54, 1.807) is 18.2 Å². The fraction of sp³-hybridized carbons (Fsp3) is 0.400. The van der Waals surface area contributed by atoms with Gasteiger partial charge in [-0.2, -0.15) is 0 Å². The van der Waals surface area contributed by atoms with Crippen LogP contribution in [0.5, 0.6) is 51.7 Å². The lowest BCUT2D eigenvalue weighted by molar-refractivity contribution is -0.130. The van der Waals surface area contributed by atoms with E-state index in [1.165, 1.54) is 0 Å². The van der Waals surface area contributed by atoms with E-state index in [0.717, 1.165) is 47.8 Å². The van der Waals surface area contributed by atoms with Gasteiger partial charge in [-0.25, -0.2) is 14.4 Å². The smallest absolute Gasteiger partial charge is 0.335 e. The lowest BCUT2D eigenvalue weighted by Gasteiger charge is -2.32. The van der Waals surface area contributed by atoms with Gasteiger partial charge < -0.3 is 42.6 Å². The molecule has 0 atom stereocenters. The van der Waals surface area contributed by atoms with E-state index in [9.17, 15) is 14.4 Å². The summed E-state index contributed by atoms with van der Waals surface area (Å²) in [6.45, 7) is 29.9. The Hall–Kier alpha value is -5.91. The maximum atomic E-state index is 11.9. The molecule has 0 aliphatic carbocycles. The summed E-state index contributed by atoms with van der Waals surface area (Å²) >= 11 is 0. The largest absolute Gasteiger partial charge is 0.490 e. The Labute approximate surface area is 337 Å². The number of esters is 3. The van der Waals surface area contributed by atoms with Crippen molar-refractivity contribution in [2.45, 2.75) is 80.6 Å². The fourth-order valence-corrected chi connectivity index (χ4v) is 5.68. The normalized spacial score (nSPS) is 10.5. The van der Waals surface area contributed by atoms with Crippen LogP contribution in [0.2, 0.25) is 0 Å². The summed E-state index contributed by atoms with van der Waals surface area (Å²) in [6.07, 6.45) is 5.16. The highest BCUT2D eigenvalue weighted by Crippen LogP contribution is 2.52. The van der Waals surface area contributed by atoms with Crippen LogP contribution < -0.4 is 42.6 Å². The molecule has 0 aromatic heterocycles. The minimum atomic E-state index is -0.728. The average molecular weight is 791 g/mol. The molecular formula is C45H58O12. The van der Waals surface area contributed by atoms with Crippen LogP contribution >= 0.6 is 0 Å². The molecule has 0 amide bonds. The number of carbonyl (C=O) groups is 3. The molecule has 12 heteroatoms. The maximum absolute atomic E-state index is 11.9. The molecule has 0 N–H and O–H groups in total. The number of hydrogen-bond donors (Lipinski definition) is 0. The van der Waals surface area contributed by atoms with Gasteiger partial charge in [0.25, 0.3) is 0 Å². The standard InChI is InChI=1S/C29H36O8.C16H22O4/c1-9-23(30)36-21-17-15-19(25(32-11-3)27(21)34-13-5)29(7,8)20-16-18-22(37-24(31)10-2)28(35-14-6)26(20)33-12-4;1-5-9-12-10-11-13(20-14(17)6-2)16(19-8-4)15(12)18-7-3/h9-10,15-18H,1-2,11-14H2,3-8H3;6,10-11H,2,5,7-9H2,1,3-4H3. The summed E-state index contributed by atoms with van der Waals surface area (Å²) in [7, 11) is 0. The molecule has 0 radical (unpaired) electrons. The first-order valence-corrected chi connectivity index (χ1v) is 19.2. The monoisotopic (exact) mass is 790 g/mol. The number of aryl methyl sites for hydroxylation is 1. The lowest BCUT2D eigenvalue weighted by Crippen LogP contribution is -2.23. The minimum Gasteiger partial charge on any atom is -0.490 e. The molecule has 3 rings (SSSR count). The van der Waals surface area contributed by atoms with Gasteiger partial charge in [0, 0.05) is 34.8 Å². The van der Waals surface area contributed by atoms with Crippen molar-refractivity contribution in [1.29, 1.82) is 0 Å². The Morgan fingerprint density at radius 2 is 0.772 bits per heavy atom. The highest BCUT2D eigenvalue weighted by atomic mass is 16.6. The van der Waals surface area contributed by atoms with Gasteiger partial charge in [-0.05, 0) is 71.7 Å². The summed E-state index contributed by atoms with van der Waals surface area (Å²) in [5, 5.41) is 0. The van der Waals surface area contributed by atoms with Crippen molar-refractivity contribution in [2.75, 3.05) is 39.6 Å². The summed E-state index contributed by atoms with van der Waals surface area (Å²) in [5.41, 5.74) is 1.84. The molecule has 0 aliphatic rings. The van der Waals surface area contributed by atoms with Crippen molar-refractivity contribution in [3.8, 4) is 51.7 Å². The Morgan fingerprint density at radius 1 is 0.474 bits per heavy atom. The second-order valence-electron chi connectivity index (χ2n) is 12.3. The first-order valence-electron chi connectivity index (χ1n) is 19.2. The number of ether oxygens (including phenoxy) is 9. The van der Waals surface area contributed by atoms with E-state index in [-0.39, 0.29) is 11.5 Å². The van der Waals surface area contributed by atoms with Crippen molar-refractivity contribution in [1.82, 2.24) is 0 Å². The van der Waals surface area contributed by atoms with Crippen LogP contribution in [0.25, 0.3) is 0 Å². The van der Waals surface area contributed by atoms with Gasteiger partial charge in [0.05, 0.1) is 39.6 Å². The first-order chi connectivity index (χ1) is 27.4. The van der Waals surface area contributed by atoms with E-state index in [0.29, 0.717) is 79.9 Å². The SMILES string of the molecule is C=CC(=O)Oc1ccc(C(C)(C)c2ccc(OC(=O)C=C)c(OCC)c2OCC)c(OCC)c1OCC.C=CC(=O)Oc1ccc(CCC)c(OCC)c1OCC. The van der Waals surface area contributed by atoms with Crippen molar-refractivity contribution < 1.29 is 57.0 Å². The Kier molecular flexibility index (Phi) is 19.8. The molecule has 3 aromatic carbocycles. The second-order valence-corrected chi connectivity index (χ2v) is 12.3. The van der Waals surface area contributed by atoms with Crippen LogP contribution in [0.1, 0.15) is 85.4 Å². The number of benzene rings is 3. The molecule has 0 spiro atoms. The zero-order valence-electron chi connectivity index (χ0n) is 34.9. The second kappa shape index (κ2) is 23.9. The molecule has 0 fully saturated rings. The van der Waals surface area contributed by atoms with E-state index in [4.69, 9.17) is 42.6 Å². The van der Waals surface area contributed by atoms with Crippen molar-refractivity contribution >= 4 is 17.9 Å². The highest BCUT2D eigenvalue weighted by Gasteiger charge is 2.35. The topological polar surface area (TPSA) is 134 Å². The molecular weight excluding hydrogens is 732 g/mol. The maximum Gasteiger partial charge on any atom is 0.335 e. The Balaban J connectivity index is 0.000000472. The van der Waals surface area contributed by atoms with Gasteiger partial charge in [0.2, 0.25) is 17.2 Å². The summed E-state index contributed by atoms with van der Waals surface area (Å²) in [5.74, 6) is 1.70. The molecule has 0 saturated heterocycles. The van der Waals surface area contributed by atoms with Gasteiger partial charge in [-0.15, -0.1) is 0 Å². The Bertz CT molecular complexity index is 1750. The van der Waals surface area contributed by atoms with Gasteiger partial charge in [-0.3, -0.25) is 0 Å². The third-order valence-corrected chi connectivity index (χ3v) is 8.04. The van der Waals surface area contributed by atoms with Gasteiger partial charge >= 0.3 is 17.9 Å². The molecule has 0 bridgehead atoms. The van der Waals surface area contributed by atoms with E-state index < -0.39 is 23.3 Å². The van der Waals surface area contributed by atoms with E-state index in [2.05, 4.69) is 26.7 Å². The summed E-state index contributed by atoms with van der Waals surface area (Å²) in [4.78, 5) is 35.3. The molecule has 310 valence electrons. The van der Waals surface area contributed by atoms with Crippen LogP contribution in [0.15, 0.2) is 74.4 Å². The van der Waals surface area contributed by atoms with Crippen LogP contribution in [-0.2, 0) is 26.2 Å². The minimum absolute atomic E-state index is 0.224. The number of carbonyl (C=O) groups excluding carboxylic acids is 3. The third-order valence-electron chi connectivity index (χ3n) is 8.04. The van der Waals surface area contributed by atoms with Gasteiger partial charge in [-0.1, -0.05) is 65.1 Å². The average Bonchev–Trinajstić information content (AvgIpc) is 3.19. The molecule has 0 unspecified atom stereocenters. The highest BCUT2D eigenvalue weighted by molar-refractivity contribution is 5.85. The molecule has 0 heterocycles. The summed E-state index contributed by atoms with van der Waals surface area (Å²) in [6, 6.07) is 10.6. The van der Waals surface area contributed by atoms with Crippen LogP contribution in [-0.4, -0.2) is 57.5 Å². The third kappa shape index (κ3) is 12.5. The number of rotatable bonds is 22. The van der Waals surface area contributed by atoms with Crippen molar-refractivity contribution in [3.05, 3.63) is 91.1 Å². The molecule has 0 saturated carbocycles.